The third-order valence-electron chi connectivity index (χ3n) is 6.66. The largest absolute Gasteiger partial charge is 0.392 e. The van der Waals surface area contributed by atoms with Crippen LogP contribution >= 0.6 is 11.6 Å². The molecule has 0 spiro atoms. The fourth-order valence-corrected chi connectivity index (χ4v) is 4.89. The van der Waals surface area contributed by atoms with E-state index >= 15 is 0 Å². The second-order valence-electron chi connectivity index (χ2n) is 9.22. The van der Waals surface area contributed by atoms with Gasteiger partial charge in [-0.15, -0.1) is 0 Å². The Morgan fingerprint density at radius 1 is 1.23 bits per heavy atom. The summed E-state index contributed by atoms with van der Waals surface area (Å²) in [6.07, 6.45) is 5.12. The molecule has 2 N–H and O–H groups in total. The average molecular weight is 555 g/mol. The van der Waals surface area contributed by atoms with Gasteiger partial charge in [0.15, 0.2) is 0 Å². The molecule has 1 aromatic carbocycles. The molecule has 12 heteroatoms. The van der Waals surface area contributed by atoms with E-state index in [-0.39, 0.29) is 38.5 Å². The number of carbonyl (C=O) groups excluding carboxylic acids is 1. The van der Waals surface area contributed by atoms with Crippen LogP contribution in [0.4, 0.5) is 16.0 Å². The molecule has 0 saturated heterocycles. The van der Waals surface area contributed by atoms with Crippen LogP contribution in [0.5, 0.6) is 0 Å². The average Bonchev–Trinajstić information content (AvgIpc) is 3.53. The van der Waals surface area contributed by atoms with E-state index in [1.165, 1.54) is 25.3 Å². The molecule has 1 amide bonds. The minimum atomic E-state index is -0.438. The van der Waals surface area contributed by atoms with E-state index in [4.69, 9.17) is 21.1 Å². The van der Waals surface area contributed by atoms with Crippen molar-refractivity contribution >= 4 is 29.1 Å². The standard InChI is InChI=1S/C27H28ClFN6O4/c1-33-26(5-6-31-33)32-25-9-22(23(28)10-30-25)19-8-24-27(37)35(12-18-7-20(29)4-3-17(18)14-36)21(13-34(24)11-19)15-39-16-38-2/h3-11,21,36H,12-16H2,1-2H3,(H,30,32)/t21-/m1/s1. The van der Waals surface area contributed by atoms with Gasteiger partial charge < -0.3 is 29.4 Å². The normalized spacial score (nSPS) is 15.1. The lowest BCUT2D eigenvalue weighted by atomic mass is 10.0. The van der Waals surface area contributed by atoms with Gasteiger partial charge in [-0.3, -0.25) is 9.48 Å². The van der Waals surface area contributed by atoms with Gasteiger partial charge in [0.25, 0.3) is 5.91 Å². The van der Waals surface area contributed by atoms with Crippen molar-refractivity contribution in [2.75, 3.05) is 25.8 Å². The second kappa shape index (κ2) is 11.5. The van der Waals surface area contributed by atoms with Gasteiger partial charge in [0.1, 0.15) is 29.9 Å². The number of aliphatic hydroxyl groups excluding tert-OH is 1. The third-order valence-corrected chi connectivity index (χ3v) is 6.96. The van der Waals surface area contributed by atoms with Gasteiger partial charge in [-0.1, -0.05) is 17.7 Å². The molecule has 5 rings (SSSR count). The third kappa shape index (κ3) is 5.66. The minimum absolute atomic E-state index is 0.0727. The summed E-state index contributed by atoms with van der Waals surface area (Å²) in [5.41, 5.74) is 3.01. The molecule has 10 nitrogen and oxygen atoms in total. The van der Waals surface area contributed by atoms with Gasteiger partial charge in [0, 0.05) is 56.8 Å². The number of nitrogens with one attached hydrogen (secondary N) is 1. The van der Waals surface area contributed by atoms with E-state index in [1.807, 2.05) is 29.9 Å². The predicted molar refractivity (Wildman–Crippen MR) is 143 cm³/mol. The van der Waals surface area contributed by atoms with Crippen LogP contribution in [0, 0.1) is 5.82 Å². The van der Waals surface area contributed by atoms with Crippen molar-refractivity contribution in [3.05, 3.63) is 82.6 Å². The first kappa shape index (κ1) is 26.8. The van der Waals surface area contributed by atoms with Crippen molar-refractivity contribution in [1.82, 2.24) is 24.2 Å². The maximum absolute atomic E-state index is 14.1. The number of aryl methyl sites for hydroxylation is 1. The van der Waals surface area contributed by atoms with E-state index in [9.17, 15) is 14.3 Å². The molecule has 204 valence electrons. The van der Waals surface area contributed by atoms with Crippen LogP contribution in [-0.2, 0) is 36.2 Å². The molecule has 0 fully saturated rings. The number of hydrogen-bond donors (Lipinski definition) is 2. The van der Waals surface area contributed by atoms with Gasteiger partial charge in [-0.25, -0.2) is 9.37 Å². The van der Waals surface area contributed by atoms with Gasteiger partial charge in [-0.05, 0) is 35.4 Å². The number of halogens is 2. The van der Waals surface area contributed by atoms with Gasteiger partial charge in [0.2, 0.25) is 0 Å². The molecule has 1 aliphatic rings. The van der Waals surface area contributed by atoms with Crippen LogP contribution in [0.25, 0.3) is 11.1 Å². The molecule has 4 heterocycles. The molecule has 1 aliphatic heterocycles. The van der Waals surface area contributed by atoms with Crippen LogP contribution < -0.4 is 5.32 Å². The highest BCUT2D eigenvalue weighted by Gasteiger charge is 2.34. The number of anilines is 2. The van der Waals surface area contributed by atoms with Crippen LogP contribution in [0.1, 0.15) is 21.6 Å². The van der Waals surface area contributed by atoms with E-state index in [0.29, 0.717) is 39.8 Å². The summed E-state index contributed by atoms with van der Waals surface area (Å²) in [5, 5.41) is 17.6. The number of benzene rings is 1. The zero-order valence-corrected chi connectivity index (χ0v) is 22.2. The first-order valence-electron chi connectivity index (χ1n) is 12.2. The topological polar surface area (TPSA) is 107 Å². The quantitative estimate of drug-likeness (QED) is 0.226. The maximum Gasteiger partial charge on any atom is 0.271 e. The highest BCUT2D eigenvalue weighted by Crippen LogP contribution is 2.34. The lowest BCUT2D eigenvalue weighted by Crippen LogP contribution is -2.49. The zero-order chi connectivity index (χ0) is 27.5. The van der Waals surface area contributed by atoms with Crippen molar-refractivity contribution in [1.29, 1.82) is 0 Å². The molecule has 0 bridgehead atoms. The number of pyridine rings is 1. The highest BCUT2D eigenvalue weighted by molar-refractivity contribution is 6.33. The Bertz CT molecular complexity index is 1490. The predicted octanol–water partition coefficient (Wildman–Crippen LogP) is 3.96. The Kier molecular flexibility index (Phi) is 7.94. The summed E-state index contributed by atoms with van der Waals surface area (Å²) < 4.78 is 28.3. The van der Waals surface area contributed by atoms with Gasteiger partial charge in [0.05, 0.1) is 30.5 Å². The number of rotatable bonds is 10. The molecule has 1 atom stereocenters. The van der Waals surface area contributed by atoms with Gasteiger partial charge >= 0.3 is 0 Å². The molecule has 4 aromatic rings. The second-order valence-corrected chi connectivity index (χ2v) is 9.62. The number of aromatic nitrogens is 4. The number of nitrogens with zero attached hydrogens (tertiary/aromatic N) is 5. The Labute approximate surface area is 229 Å². The first-order valence-corrected chi connectivity index (χ1v) is 12.6. The van der Waals surface area contributed by atoms with Crippen molar-refractivity contribution in [3.63, 3.8) is 0 Å². The summed E-state index contributed by atoms with van der Waals surface area (Å²) >= 11 is 6.54. The van der Waals surface area contributed by atoms with Crippen LogP contribution in [0.3, 0.4) is 0 Å². The van der Waals surface area contributed by atoms with E-state index in [2.05, 4.69) is 15.4 Å². The number of carbonyl (C=O) groups is 1. The minimum Gasteiger partial charge on any atom is -0.392 e. The lowest BCUT2D eigenvalue weighted by molar-refractivity contribution is -0.0536. The van der Waals surface area contributed by atoms with E-state index in [1.54, 1.807) is 28.0 Å². The van der Waals surface area contributed by atoms with Crippen molar-refractivity contribution < 1.29 is 23.8 Å². The van der Waals surface area contributed by atoms with Crippen LogP contribution in [0.2, 0.25) is 5.02 Å². The smallest absolute Gasteiger partial charge is 0.271 e. The molecular formula is C27H28ClFN6O4. The monoisotopic (exact) mass is 554 g/mol. The molecule has 0 aliphatic carbocycles. The molecule has 0 unspecified atom stereocenters. The highest BCUT2D eigenvalue weighted by atomic mass is 35.5. The SMILES string of the molecule is COCOC[C@H]1Cn2cc(-c3cc(Nc4ccnn4C)ncc3Cl)cc2C(=O)N1Cc1cc(F)ccc1CO. The Morgan fingerprint density at radius 3 is 2.82 bits per heavy atom. The molecule has 39 heavy (non-hydrogen) atoms. The number of aliphatic hydroxyl groups is 1. The lowest BCUT2D eigenvalue weighted by Gasteiger charge is -2.36. The summed E-state index contributed by atoms with van der Waals surface area (Å²) in [4.78, 5) is 19.8. The molecule has 3 aromatic heterocycles. The van der Waals surface area contributed by atoms with Crippen molar-refractivity contribution in [3.8, 4) is 11.1 Å². The summed E-state index contributed by atoms with van der Waals surface area (Å²) in [5.74, 6) is 0.650. The van der Waals surface area contributed by atoms with Crippen LogP contribution in [-0.4, -0.2) is 61.8 Å². The Balaban J connectivity index is 1.47. The maximum atomic E-state index is 14.1. The fourth-order valence-electron chi connectivity index (χ4n) is 4.67. The molecular weight excluding hydrogens is 527 g/mol. The van der Waals surface area contributed by atoms with Crippen LogP contribution in [0.15, 0.2) is 55.0 Å². The Hall–Kier alpha value is -3.77. The number of methoxy groups -OCH3 is 1. The number of fused-ring (bicyclic) bond motifs is 1. The number of ether oxygens (including phenoxy) is 2. The fraction of sp³-hybridized carbons (Fsp3) is 0.296. The first-order chi connectivity index (χ1) is 18.9. The number of hydrogen-bond acceptors (Lipinski definition) is 7. The number of amides is 1. The Morgan fingerprint density at radius 2 is 2.08 bits per heavy atom. The molecule has 0 radical (unpaired) electrons. The molecule has 0 saturated carbocycles. The summed E-state index contributed by atoms with van der Waals surface area (Å²) in [6.45, 7) is 0.577. The van der Waals surface area contributed by atoms with Gasteiger partial charge in [-0.2, -0.15) is 5.10 Å². The summed E-state index contributed by atoms with van der Waals surface area (Å²) in [7, 11) is 3.34. The summed E-state index contributed by atoms with van der Waals surface area (Å²) in [6, 6.07) is 9.24. The van der Waals surface area contributed by atoms with E-state index < -0.39 is 5.82 Å². The van der Waals surface area contributed by atoms with Crippen molar-refractivity contribution in [2.45, 2.75) is 25.7 Å². The van der Waals surface area contributed by atoms with E-state index in [0.717, 1.165) is 11.4 Å². The zero-order valence-electron chi connectivity index (χ0n) is 21.5. The van der Waals surface area contributed by atoms with Crippen molar-refractivity contribution in [2.24, 2.45) is 7.05 Å².